The second-order valence-electron chi connectivity index (χ2n) is 7.26. The Morgan fingerprint density at radius 3 is 2.26 bits per heavy atom. The monoisotopic (exact) mass is 341 g/mol. The molecule has 1 N–H and O–H groups in total. The fourth-order valence-electron chi connectivity index (χ4n) is 2.09. The van der Waals surface area contributed by atoms with Crippen molar-refractivity contribution < 1.29 is 22.7 Å². The van der Waals surface area contributed by atoms with Crippen LogP contribution in [-0.2, 0) is 19.5 Å². The summed E-state index contributed by atoms with van der Waals surface area (Å²) in [6.45, 7) is 8.73. The molecule has 1 fully saturated rings. The van der Waals surface area contributed by atoms with Crippen LogP contribution in [0.5, 0.6) is 0 Å². The number of ether oxygens (including phenoxy) is 2. The molecule has 7 heteroatoms. The van der Waals surface area contributed by atoms with Gasteiger partial charge < -0.3 is 9.47 Å². The molecule has 1 saturated heterocycles. The summed E-state index contributed by atoms with van der Waals surface area (Å²) in [7, 11) is -3.61. The molecule has 23 heavy (non-hydrogen) atoms. The van der Waals surface area contributed by atoms with E-state index in [1.807, 2.05) is 6.92 Å². The third-order valence-electron chi connectivity index (χ3n) is 3.29. The average molecular weight is 341 g/mol. The van der Waals surface area contributed by atoms with Crippen molar-refractivity contribution in [2.75, 3.05) is 19.8 Å². The van der Waals surface area contributed by atoms with E-state index < -0.39 is 21.5 Å². The summed E-state index contributed by atoms with van der Waals surface area (Å²) in [4.78, 5) is 12.1. The van der Waals surface area contributed by atoms with Crippen LogP contribution in [0.3, 0.4) is 0 Å². The number of esters is 1. The third kappa shape index (κ3) is 4.76. The Labute approximate surface area is 137 Å². The summed E-state index contributed by atoms with van der Waals surface area (Å²) in [6.07, 6.45) is 0. The summed E-state index contributed by atoms with van der Waals surface area (Å²) in [5.41, 5.74) is -0.365. The molecule has 1 aromatic carbocycles. The first-order chi connectivity index (χ1) is 10.5. The van der Waals surface area contributed by atoms with Gasteiger partial charge in [0.2, 0.25) is 10.0 Å². The lowest BCUT2D eigenvalue weighted by atomic mass is 9.90. The van der Waals surface area contributed by atoms with Gasteiger partial charge in [-0.25, -0.2) is 17.9 Å². The van der Waals surface area contributed by atoms with E-state index in [0.717, 1.165) is 0 Å². The zero-order chi connectivity index (χ0) is 17.3. The fraction of sp³-hybridized carbons (Fsp3) is 0.562. The van der Waals surface area contributed by atoms with E-state index in [9.17, 15) is 13.2 Å². The summed E-state index contributed by atoms with van der Waals surface area (Å²) >= 11 is 0. The van der Waals surface area contributed by atoms with Gasteiger partial charge in [-0.3, -0.25) is 0 Å². The standard InChI is InChI=1S/C16H23NO5S/c1-15(2,3)17-23(19,20)13-7-5-12(6-8-13)14(18)22-11-16(4)9-21-10-16/h5-8,17H,9-11H2,1-4H3. The molecule has 1 aromatic rings. The summed E-state index contributed by atoms with van der Waals surface area (Å²) in [5, 5.41) is 0. The zero-order valence-corrected chi connectivity index (χ0v) is 14.7. The van der Waals surface area contributed by atoms with Crippen molar-refractivity contribution in [2.24, 2.45) is 5.41 Å². The van der Waals surface area contributed by atoms with Crippen molar-refractivity contribution in [1.29, 1.82) is 0 Å². The van der Waals surface area contributed by atoms with E-state index in [4.69, 9.17) is 9.47 Å². The fourth-order valence-corrected chi connectivity index (χ4v) is 3.51. The molecule has 6 nitrogen and oxygen atoms in total. The number of sulfonamides is 1. The van der Waals surface area contributed by atoms with Gasteiger partial charge in [0, 0.05) is 11.0 Å². The maximum Gasteiger partial charge on any atom is 0.338 e. The van der Waals surface area contributed by atoms with Crippen molar-refractivity contribution in [2.45, 2.75) is 38.1 Å². The van der Waals surface area contributed by atoms with Gasteiger partial charge in [-0.15, -0.1) is 0 Å². The number of benzene rings is 1. The van der Waals surface area contributed by atoms with Crippen LogP contribution in [0.15, 0.2) is 29.2 Å². The number of hydrogen-bond acceptors (Lipinski definition) is 5. The first kappa shape index (κ1) is 17.9. The number of hydrogen-bond donors (Lipinski definition) is 1. The molecule has 0 atom stereocenters. The van der Waals surface area contributed by atoms with E-state index >= 15 is 0 Å². The van der Waals surface area contributed by atoms with Crippen LogP contribution in [-0.4, -0.2) is 39.7 Å². The van der Waals surface area contributed by atoms with Gasteiger partial charge in [-0.1, -0.05) is 6.92 Å². The van der Waals surface area contributed by atoms with Gasteiger partial charge in [-0.2, -0.15) is 0 Å². The molecular weight excluding hydrogens is 318 g/mol. The van der Waals surface area contributed by atoms with Gasteiger partial charge in [0.1, 0.15) is 6.61 Å². The predicted octanol–water partition coefficient (Wildman–Crippen LogP) is 1.96. The van der Waals surface area contributed by atoms with Gasteiger partial charge in [-0.05, 0) is 45.0 Å². The number of rotatable bonds is 5. The molecule has 0 bridgehead atoms. The lowest BCUT2D eigenvalue weighted by Gasteiger charge is -2.37. The van der Waals surface area contributed by atoms with E-state index in [2.05, 4.69) is 4.72 Å². The highest BCUT2D eigenvalue weighted by molar-refractivity contribution is 7.89. The molecule has 1 aliphatic rings. The lowest BCUT2D eigenvalue weighted by Crippen LogP contribution is -2.44. The van der Waals surface area contributed by atoms with Gasteiger partial charge in [0.15, 0.2) is 0 Å². The van der Waals surface area contributed by atoms with Crippen molar-refractivity contribution in [1.82, 2.24) is 4.72 Å². The van der Waals surface area contributed by atoms with Crippen molar-refractivity contribution in [3.63, 3.8) is 0 Å². The topological polar surface area (TPSA) is 81.7 Å². The Morgan fingerprint density at radius 2 is 1.83 bits per heavy atom. The smallest absolute Gasteiger partial charge is 0.338 e. The molecule has 0 saturated carbocycles. The van der Waals surface area contributed by atoms with Gasteiger partial charge >= 0.3 is 5.97 Å². The first-order valence-electron chi connectivity index (χ1n) is 7.40. The van der Waals surface area contributed by atoms with Crippen LogP contribution in [0.25, 0.3) is 0 Å². The van der Waals surface area contributed by atoms with Crippen LogP contribution in [0.1, 0.15) is 38.1 Å². The largest absolute Gasteiger partial charge is 0.461 e. The minimum absolute atomic E-state index is 0.114. The molecule has 0 spiro atoms. The third-order valence-corrected chi connectivity index (χ3v) is 5.07. The number of nitrogens with one attached hydrogen (secondary N) is 1. The highest BCUT2D eigenvalue weighted by Crippen LogP contribution is 2.27. The normalized spacial score (nSPS) is 17.4. The van der Waals surface area contributed by atoms with Gasteiger partial charge in [0.05, 0.1) is 23.7 Å². The van der Waals surface area contributed by atoms with E-state index in [1.165, 1.54) is 24.3 Å². The quantitative estimate of drug-likeness (QED) is 0.828. The Morgan fingerprint density at radius 1 is 1.26 bits per heavy atom. The first-order valence-corrected chi connectivity index (χ1v) is 8.88. The lowest BCUT2D eigenvalue weighted by molar-refractivity contribution is -0.127. The minimum Gasteiger partial charge on any atom is -0.461 e. The summed E-state index contributed by atoms with van der Waals surface area (Å²) < 4.78 is 37.3. The van der Waals surface area contributed by atoms with Crippen LogP contribution in [0, 0.1) is 5.41 Å². The highest BCUT2D eigenvalue weighted by atomic mass is 32.2. The Balaban J connectivity index is 2.02. The van der Waals surface area contributed by atoms with Crippen molar-refractivity contribution in [3.8, 4) is 0 Å². The molecule has 0 aromatic heterocycles. The molecule has 2 rings (SSSR count). The average Bonchev–Trinajstić information content (AvgIpc) is 2.40. The maximum atomic E-state index is 12.2. The van der Waals surface area contributed by atoms with Crippen LogP contribution in [0.2, 0.25) is 0 Å². The van der Waals surface area contributed by atoms with E-state index in [0.29, 0.717) is 18.8 Å². The van der Waals surface area contributed by atoms with Crippen LogP contribution in [0.4, 0.5) is 0 Å². The predicted molar refractivity (Wildman–Crippen MR) is 85.7 cm³/mol. The Bertz CT molecular complexity index is 669. The molecule has 0 amide bonds. The van der Waals surface area contributed by atoms with E-state index in [1.54, 1.807) is 20.8 Å². The van der Waals surface area contributed by atoms with Crippen LogP contribution < -0.4 is 4.72 Å². The summed E-state index contributed by atoms with van der Waals surface area (Å²) in [6, 6.07) is 5.72. The Hall–Kier alpha value is -1.44. The molecule has 1 heterocycles. The molecule has 0 radical (unpaired) electrons. The second kappa shape index (κ2) is 6.22. The van der Waals surface area contributed by atoms with Crippen molar-refractivity contribution >= 4 is 16.0 Å². The molecule has 128 valence electrons. The van der Waals surface area contributed by atoms with Crippen molar-refractivity contribution in [3.05, 3.63) is 29.8 Å². The van der Waals surface area contributed by atoms with E-state index in [-0.39, 0.29) is 16.9 Å². The molecular formula is C16H23NO5S. The second-order valence-corrected chi connectivity index (χ2v) is 8.94. The highest BCUT2D eigenvalue weighted by Gasteiger charge is 2.35. The maximum absolute atomic E-state index is 12.2. The summed E-state index contributed by atoms with van der Waals surface area (Å²) in [5.74, 6) is -0.467. The molecule has 0 aliphatic carbocycles. The minimum atomic E-state index is -3.61. The van der Waals surface area contributed by atoms with Crippen LogP contribution >= 0.6 is 0 Å². The SMILES string of the molecule is CC1(COC(=O)c2ccc(S(=O)(=O)NC(C)(C)C)cc2)COC1. The van der Waals surface area contributed by atoms with Gasteiger partial charge in [0.25, 0.3) is 0 Å². The Kier molecular flexibility index (Phi) is 4.84. The zero-order valence-electron chi connectivity index (χ0n) is 13.9. The number of carbonyl (C=O) groups is 1. The molecule has 0 unspecified atom stereocenters. The number of carbonyl (C=O) groups excluding carboxylic acids is 1. The molecule has 1 aliphatic heterocycles.